The number of hydrogen-bond acceptors (Lipinski definition) is 10. The van der Waals surface area contributed by atoms with Crippen molar-refractivity contribution in [1.82, 2.24) is 15.0 Å². The summed E-state index contributed by atoms with van der Waals surface area (Å²) in [4.78, 5) is 27.6. The highest BCUT2D eigenvalue weighted by Gasteiger charge is 2.66. The summed E-state index contributed by atoms with van der Waals surface area (Å²) in [6.07, 6.45) is 21.4. The van der Waals surface area contributed by atoms with Gasteiger partial charge in [0.05, 0.1) is 7.06 Å². The van der Waals surface area contributed by atoms with E-state index in [9.17, 15) is 0 Å². The maximum absolute atomic E-state index is 8.75. The van der Waals surface area contributed by atoms with Gasteiger partial charge in [-0.15, -0.1) is 0 Å². The second kappa shape index (κ2) is 33.4. The van der Waals surface area contributed by atoms with Crippen molar-refractivity contribution in [2.45, 2.75) is 338 Å². The van der Waals surface area contributed by atoms with E-state index in [0.29, 0.717) is 63.3 Å². The third kappa shape index (κ3) is 15.6. The van der Waals surface area contributed by atoms with Crippen LogP contribution in [0.25, 0.3) is 22.1 Å². The molecule has 6 unspecified atom stereocenters. The highest BCUT2D eigenvalue weighted by atomic mass is 16.3. The molecule has 10 nitrogen and oxygen atoms in total. The quantitative estimate of drug-likeness (QED) is 0.161. The summed E-state index contributed by atoms with van der Waals surface area (Å²) in [5.74, 6) is 4.98. The fraction of sp³-hybridized carbons (Fsp3) is 0.563. The molecule has 5 aliphatic carbocycles. The van der Waals surface area contributed by atoms with Crippen LogP contribution in [0, 0.1) is 81.5 Å². The van der Waals surface area contributed by atoms with Gasteiger partial charge in [0, 0.05) is 114 Å². The summed E-state index contributed by atoms with van der Waals surface area (Å²) < 4.78 is 38.9. The molecule has 3 aromatic heterocycles. The lowest BCUT2D eigenvalue weighted by Gasteiger charge is -2.62. The van der Waals surface area contributed by atoms with Crippen LogP contribution in [0.1, 0.15) is 283 Å². The Labute approximate surface area is 693 Å². The average molecular weight is 1540 g/mol. The number of rotatable bonds is 6. The van der Waals surface area contributed by atoms with Crippen LogP contribution in [-0.2, 0) is 5.41 Å². The molecule has 5 saturated carbocycles. The van der Waals surface area contributed by atoms with Gasteiger partial charge in [0.15, 0.2) is 17.2 Å². The molecule has 9 aromatic rings. The largest absolute Gasteiger partial charge is 0.435 e. The first-order valence-electron chi connectivity index (χ1n) is 43.4. The topological polar surface area (TPSA) is 71.2 Å². The van der Waals surface area contributed by atoms with Crippen LogP contribution in [-0.4, -0.2) is 67.9 Å². The van der Waals surface area contributed by atoms with Crippen molar-refractivity contribution in [3.05, 3.63) is 197 Å². The molecule has 19 rings (SSSR count). The Morgan fingerprint density at radius 3 is 1.41 bits per heavy atom. The number of benzene rings is 6. The van der Waals surface area contributed by atoms with E-state index in [4.69, 9.17) is 9.90 Å². The van der Waals surface area contributed by atoms with Gasteiger partial charge in [0.2, 0.25) is 5.71 Å². The SMILES string of the molecule is C.C.C.C.C.Cc1ccccc1N1C(C)C(C)(C)CC1(C)C.Cc1ccccc1N1C(C)C2(CC1(C)C)C1CC3CC(C1)CC2C3.Cc1ccccc1N1C(C)C2(CCCCC2)CC1(C)C.Cc1ccccc1N1c2ccccc2C(C)(C)C1C.[2H]C([2H])([2H])C([2H])(C)N1c2nccnc2N(c2c(C)ccc3c2oc2nc(C)ccc23)C1C. The number of pyridine rings is 1. The number of anilines is 8. The monoisotopic (exact) mass is 1530 g/mol. The van der Waals surface area contributed by atoms with Gasteiger partial charge in [-0.25, -0.2) is 15.0 Å². The molecular weight excluding hydrogens is 1380 g/mol. The van der Waals surface area contributed by atoms with Gasteiger partial charge in [-0.3, -0.25) is 4.90 Å². The van der Waals surface area contributed by atoms with Crippen LogP contribution in [0.3, 0.4) is 0 Å². The zero-order valence-corrected chi connectivity index (χ0v) is 69.8. The number of aryl methyl sites for hydroxylation is 6. The van der Waals surface area contributed by atoms with Gasteiger partial charge >= 0.3 is 0 Å². The van der Waals surface area contributed by atoms with E-state index in [-0.39, 0.29) is 59.2 Å². The standard InChI is InChI=1S/C23H33N.C22H23N5O.C19H29N.C18H21N.C16H25N.5CH4/c1-15-7-5-6-8-21(15)24-16(2)23(14-22(24,3)4)19-10-17-9-18(12-19)13-20(23)11-17;1-12(2)26-15(5)27(21-20(26)23-10-11-24-21)18-13(3)6-8-16-17-9-7-14(4)25-22(17)28-19(16)18;1-15-10-6-7-11-17(15)20-16(2)19(14-18(20,3)4)12-8-5-9-13-19;1-13-9-5-7-11-16(13)19-14(2)18(3,4)15-10-6-8-12-17(15)19;1-12-9-7-8-10-14(12)17-13(2)15(3,4)11-16(17,5)6;;;;;/h5-8,16-20H,9-14H2,1-4H3;6-12,15H,1-5H3;6-7,10-11,16H,5,8-9,12-14H2,1-4H3;5-12,14H,1-4H3;7-10,13H,11H2,1-6H3;5*1H4/i;1D3,12D;;;;;;;;. The molecule has 0 amide bonds. The molecule has 10 aliphatic rings. The lowest BCUT2D eigenvalue weighted by Crippen LogP contribution is -2.57. The number of aromatic nitrogens is 3. The highest BCUT2D eigenvalue weighted by molar-refractivity contribution is 6.09. The van der Waals surface area contributed by atoms with Gasteiger partial charge in [-0.05, 0) is 311 Å². The van der Waals surface area contributed by atoms with Crippen molar-refractivity contribution in [3.8, 4) is 0 Å². The van der Waals surface area contributed by atoms with Gasteiger partial charge in [0.25, 0.3) is 0 Å². The number of para-hydroxylation sites is 5. The molecule has 6 aromatic carbocycles. The van der Waals surface area contributed by atoms with E-state index in [1.54, 1.807) is 12.6 Å². The third-order valence-corrected chi connectivity index (χ3v) is 28.9. The zero-order chi connectivity index (χ0) is 80.5. The van der Waals surface area contributed by atoms with E-state index in [1.807, 2.05) is 49.9 Å². The first-order chi connectivity index (χ1) is 52.7. The Kier molecular flexibility index (Phi) is 24.6. The Morgan fingerprint density at radius 2 is 0.903 bits per heavy atom. The summed E-state index contributed by atoms with van der Waals surface area (Å²) in [5.41, 5.74) is 20.3. The van der Waals surface area contributed by atoms with Crippen LogP contribution < -0.4 is 29.4 Å². The molecule has 10 heteroatoms. The maximum atomic E-state index is 8.75. The van der Waals surface area contributed by atoms with Crippen molar-refractivity contribution in [1.29, 1.82) is 0 Å². The average Bonchev–Trinajstić information content (AvgIpc) is 1.55. The van der Waals surface area contributed by atoms with Crippen molar-refractivity contribution in [3.63, 3.8) is 0 Å². The smallest absolute Gasteiger partial charge is 0.227 e. The molecule has 5 aliphatic heterocycles. The molecule has 8 fully saturated rings. The number of fused-ring (bicyclic) bond motifs is 5. The Balaban J connectivity index is 0.000000168. The van der Waals surface area contributed by atoms with E-state index in [2.05, 4.69) is 281 Å². The Bertz CT molecular complexity index is 4880. The van der Waals surface area contributed by atoms with Crippen molar-refractivity contribution in [2.24, 2.45) is 39.9 Å². The first-order valence-corrected chi connectivity index (χ1v) is 41.4. The molecular formula is C103H151N9O. The Hall–Kier alpha value is -7.85. The summed E-state index contributed by atoms with van der Waals surface area (Å²) in [6, 6.07) is 52.6. The van der Waals surface area contributed by atoms with Crippen LogP contribution in [0.4, 0.5) is 45.8 Å². The summed E-state index contributed by atoms with van der Waals surface area (Å²) >= 11 is 0. The minimum atomic E-state index is -2.56. The van der Waals surface area contributed by atoms with Gasteiger partial charge in [-0.2, -0.15) is 0 Å². The molecule has 2 spiro atoms. The van der Waals surface area contributed by atoms with Crippen LogP contribution in [0.15, 0.2) is 162 Å². The van der Waals surface area contributed by atoms with Gasteiger partial charge in [0.1, 0.15) is 6.17 Å². The van der Waals surface area contributed by atoms with Gasteiger partial charge < -0.3 is 28.9 Å². The first kappa shape index (κ1) is 83.1. The second-order valence-corrected chi connectivity index (χ2v) is 38.0. The lowest BCUT2D eigenvalue weighted by molar-refractivity contribution is -0.113. The predicted octanol–water partition coefficient (Wildman–Crippen LogP) is 28.6. The fourth-order valence-corrected chi connectivity index (χ4v) is 24.1. The van der Waals surface area contributed by atoms with E-state index < -0.39 is 19.0 Å². The summed E-state index contributed by atoms with van der Waals surface area (Å²) in [7, 11) is 0. The van der Waals surface area contributed by atoms with E-state index in [0.717, 1.165) is 51.4 Å². The van der Waals surface area contributed by atoms with Crippen LogP contribution in [0.2, 0.25) is 0 Å². The second-order valence-electron chi connectivity index (χ2n) is 38.0. The normalized spacial score (nSPS) is 27.2. The number of furan rings is 1. The number of hydrogen-bond donors (Lipinski definition) is 0. The fourth-order valence-electron chi connectivity index (χ4n) is 24.1. The molecule has 113 heavy (non-hydrogen) atoms. The molecule has 8 heterocycles. The molecule has 614 valence electrons. The zero-order valence-electron chi connectivity index (χ0n) is 73.8. The predicted molar refractivity (Wildman–Crippen MR) is 492 cm³/mol. The maximum Gasteiger partial charge on any atom is 0.227 e. The molecule has 4 bridgehead atoms. The van der Waals surface area contributed by atoms with Crippen LogP contribution >= 0.6 is 0 Å². The van der Waals surface area contributed by atoms with Crippen molar-refractivity contribution < 1.29 is 9.90 Å². The minimum Gasteiger partial charge on any atom is -0.435 e. The van der Waals surface area contributed by atoms with E-state index >= 15 is 0 Å². The van der Waals surface area contributed by atoms with Crippen molar-refractivity contribution in [2.75, 3.05) is 29.4 Å². The highest BCUT2D eigenvalue weighted by Crippen LogP contribution is 2.70. The number of nitrogens with zero attached hydrogens (tertiary/aromatic N) is 9. The van der Waals surface area contributed by atoms with E-state index in [1.165, 1.54) is 151 Å². The molecule has 3 saturated heterocycles. The third-order valence-electron chi connectivity index (χ3n) is 28.9. The minimum absolute atomic E-state index is 0. The molecule has 0 N–H and O–H groups in total. The van der Waals surface area contributed by atoms with Gasteiger partial charge in [-0.1, -0.05) is 187 Å². The van der Waals surface area contributed by atoms with Crippen LogP contribution in [0.5, 0.6) is 0 Å². The lowest BCUT2D eigenvalue weighted by atomic mass is 9.43. The molecule has 0 radical (unpaired) electrons. The van der Waals surface area contributed by atoms with Crippen molar-refractivity contribution >= 4 is 67.8 Å². The summed E-state index contributed by atoms with van der Waals surface area (Å²) in [5, 5.41) is 1.82. The summed E-state index contributed by atoms with van der Waals surface area (Å²) in [6.45, 7) is 47.3. The Morgan fingerprint density at radius 1 is 0.451 bits per heavy atom. The molecule has 6 atom stereocenters.